The Labute approximate surface area is 97.0 Å². The molecule has 0 amide bonds. The summed E-state index contributed by atoms with van der Waals surface area (Å²) in [6.45, 7) is 16.3. The van der Waals surface area contributed by atoms with Crippen LogP contribution in [0.3, 0.4) is 0 Å². The molecule has 0 aromatic carbocycles. The molecule has 0 bridgehead atoms. The minimum atomic E-state index is 0.490. The van der Waals surface area contributed by atoms with Gasteiger partial charge in [0.1, 0.15) is 0 Å². The van der Waals surface area contributed by atoms with Crippen LogP contribution >= 0.6 is 0 Å². The Kier molecular flexibility index (Phi) is 7.25. The molecule has 0 radical (unpaired) electrons. The van der Waals surface area contributed by atoms with Crippen LogP contribution in [0, 0.1) is 17.3 Å². The van der Waals surface area contributed by atoms with E-state index in [2.05, 4.69) is 46.9 Å². The molecule has 0 heterocycles. The van der Waals surface area contributed by atoms with Crippen molar-refractivity contribution < 1.29 is 0 Å². The van der Waals surface area contributed by atoms with Crippen molar-refractivity contribution in [2.75, 3.05) is 13.1 Å². The lowest BCUT2D eigenvalue weighted by atomic mass is 9.78. The lowest BCUT2D eigenvalue weighted by Gasteiger charge is -2.31. The summed E-state index contributed by atoms with van der Waals surface area (Å²) >= 11 is 0. The summed E-state index contributed by atoms with van der Waals surface area (Å²) in [4.78, 5) is 0. The highest BCUT2D eigenvalue weighted by Crippen LogP contribution is 2.30. The Bertz CT molecular complexity index is 153. The molecule has 2 atom stereocenters. The lowest BCUT2D eigenvalue weighted by Crippen LogP contribution is -2.34. The molecule has 2 unspecified atom stereocenters. The summed E-state index contributed by atoms with van der Waals surface area (Å²) in [5, 5.41) is 3.61. The van der Waals surface area contributed by atoms with Crippen LogP contribution in [-0.2, 0) is 0 Å². The Morgan fingerprint density at radius 1 is 1.13 bits per heavy atom. The maximum absolute atomic E-state index is 3.61. The van der Waals surface area contributed by atoms with E-state index in [9.17, 15) is 0 Å². The molecule has 0 aliphatic carbocycles. The van der Waals surface area contributed by atoms with E-state index in [4.69, 9.17) is 0 Å². The highest BCUT2D eigenvalue weighted by Gasteiger charge is 2.23. The van der Waals surface area contributed by atoms with Gasteiger partial charge in [-0.25, -0.2) is 0 Å². The monoisotopic (exact) mass is 213 g/mol. The van der Waals surface area contributed by atoms with Crippen molar-refractivity contribution in [2.45, 2.75) is 60.8 Å². The van der Waals surface area contributed by atoms with Gasteiger partial charge in [-0.2, -0.15) is 0 Å². The molecule has 0 saturated heterocycles. The quantitative estimate of drug-likeness (QED) is 0.640. The van der Waals surface area contributed by atoms with Crippen molar-refractivity contribution >= 4 is 0 Å². The molecule has 1 nitrogen and oxygen atoms in total. The summed E-state index contributed by atoms with van der Waals surface area (Å²) in [6.07, 6.45) is 3.94. The fourth-order valence-corrected chi connectivity index (χ4v) is 1.99. The van der Waals surface area contributed by atoms with Crippen LogP contribution in [0.15, 0.2) is 0 Å². The van der Waals surface area contributed by atoms with Gasteiger partial charge in [-0.1, -0.05) is 48.0 Å². The second kappa shape index (κ2) is 7.27. The summed E-state index contributed by atoms with van der Waals surface area (Å²) < 4.78 is 0. The van der Waals surface area contributed by atoms with Gasteiger partial charge in [-0.05, 0) is 36.6 Å². The van der Waals surface area contributed by atoms with Gasteiger partial charge in [0, 0.05) is 6.54 Å². The zero-order valence-electron chi connectivity index (χ0n) is 11.7. The van der Waals surface area contributed by atoms with Crippen molar-refractivity contribution in [3.05, 3.63) is 0 Å². The molecule has 0 spiro atoms. The van der Waals surface area contributed by atoms with E-state index in [1.54, 1.807) is 0 Å². The van der Waals surface area contributed by atoms with Gasteiger partial charge in [0.05, 0.1) is 0 Å². The van der Waals surface area contributed by atoms with Crippen molar-refractivity contribution in [1.82, 2.24) is 5.32 Å². The highest BCUT2D eigenvalue weighted by molar-refractivity contribution is 4.77. The van der Waals surface area contributed by atoms with E-state index in [0.29, 0.717) is 5.41 Å². The second-order valence-corrected chi connectivity index (χ2v) is 5.91. The first-order valence-electron chi connectivity index (χ1n) is 6.64. The predicted molar refractivity (Wildman–Crippen MR) is 70.2 cm³/mol. The van der Waals surface area contributed by atoms with Gasteiger partial charge < -0.3 is 5.32 Å². The standard InChI is InChI=1S/C14H31N/c1-7-13(5)9-14(6,8-2)11-15-10-12(3)4/h12-13,15H,7-11H2,1-6H3. The molecule has 0 saturated carbocycles. The first kappa shape index (κ1) is 15.0. The third-order valence-electron chi connectivity index (χ3n) is 3.50. The maximum Gasteiger partial charge on any atom is 0.000527 e. The summed E-state index contributed by atoms with van der Waals surface area (Å²) in [5.41, 5.74) is 0.490. The van der Waals surface area contributed by atoms with Crippen molar-refractivity contribution in [1.29, 1.82) is 0 Å². The molecule has 0 fully saturated rings. The zero-order chi connectivity index (χ0) is 11.9. The van der Waals surface area contributed by atoms with E-state index in [1.807, 2.05) is 0 Å². The Hall–Kier alpha value is -0.0400. The maximum atomic E-state index is 3.61. The van der Waals surface area contributed by atoms with Crippen LogP contribution in [-0.4, -0.2) is 13.1 Å². The molecule has 0 aliphatic rings. The number of rotatable bonds is 8. The smallest absolute Gasteiger partial charge is 0.000527 e. The van der Waals surface area contributed by atoms with Gasteiger partial charge in [0.15, 0.2) is 0 Å². The van der Waals surface area contributed by atoms with E-state index in [-0.39, 0.29) is 0 Å². The fourth-order valence-electron chi connectivity index (χ4n) is 1.99. The first-order chi connectivity index (χ1) is 6.93. The van der Waals surface area contributed by atoms with Crippen LogP contribution in [0.4, 0.5) is 0 Å². The van der Waals surface area contributed by atoms with E-state index >= 15 is 0 Å². The number of hydrogen-bond donors (Lipinski definition) is 1. The Morgan fingerprint density at radius 3 is 2.13 bits per heavy atom. The van der Waals surface area contributed by atoms with Crippen LogP contribution < -0.4 is 5.32 Å². The molecule has 15 heavy (non-hydrogen) atoms. The van der Waals surface area contributed by atoms with E-state index < -0.39 is 0 Å². The zero-order valence-corrected chi connectivity index (χ0v) is 11.7. The molecular weight excluding hydrogens is 182 g/mol. The van der Waals surface area contributed by atoms with Gasteiger partial charge in [0.2, 0.25) is 0 Å². The number of nitrogens with one attached hydrogen (secondary N) is 1. The minimum Gasteiger partial charge on any atom is -0.316 e. The molecule has 92 valence electrons. The SMILES string of the molecule is CCC(C)CC(C)(CC)CNCC(C)C. The van der Waals surface area contributed by atoms with Crippen LogP contribution in [0.1, 0.15) is 60.8 Å². The lowest BCUT2D eigenvalue weighted by molar-refractivity contribution is 0.222. The number of hydrogen-bond acceptors (Lipinski definition) is 1. The van der Waals surface area contributed by atoms with Crippen molar-refractivity contribution in [3.8, 4) is 0 Å². The summed E-state index contributed by atoms with van der Waals surface area (Å²) in [5.74, 6) is 1.62. The average Bonchev–Trinajstić information content (AvgIpc) is 2.17. The van der Waals surface area contributed by atoms with Gasteiger partial charge in [-0.3, -0.25) is 0 Å². The molecule has 0 aromatic rings. The summed E-state index contributed by atoms with van der Waals surface area (Å²) in [7, 11) is 0. The average molecular weight is 213 g/mol. The van der Waals surface area contributed by atoms with Gasteiger partial charge in [-0.15, -0.1) is 0 Å². The van der Waals surface area contributed by atoms with Crippen LogP contribution in [0.5, 0.6) is 0 Å². The Balaban J connectivity index is 3.95. The molecule has 1 N–H and O–H groups in total. The summed E-state index contributed by atoms with van der Waals surface area (Å²) in [6, 6.07) is 0. The molecular formula is C14H31N. The molecule has 0 aliphatic heterocycles. The second-order valence-electron chi connectivity index (χ2n) is 5.91. The molecule has 0 rings (SSSR count). The van der Waals surface area contributed by atoms with E-state index in [0.717, 1.165) is 18.4 Å². The largest absolute Gasteiger partial charge is 0.316 e. The normalized spacial score (nSPS) is 17.8. The van der Waals surface area contributed by atoms with Gasteiger partial charge in [0.25, 0.3) is 0 Å². The topological polar surface area (TPSA) is 12.0 Å². The fraction of sp³-hybridized carbons (Fsp3) is 1.00. The molecule has 0 aromatic heterocycles. The first-order valence-corrected chi connectivity index (χ1v) is 6.64. The van der Waals surface area contributed by atoms with Crippen molar-refractivity contribution in [3.63, 3.8) is 0 Å². The predicted octanol–water partition coefficient (Wildman–Crippen LogP) is 4.08. The highest BCUT2D eigenvalue weighted by atomic mass is 14.9. The van der Waals surface area contributed by atoms with Crippen LogP contribution in [0.2, 0.25) is 0 Å². The van der Waals surface area contributed by atoms with Crippen molar-refractivity contribution in [2.24, 2.45) is 17.3 Å². The van der Waals surface area contributed by atoms with E-state index in [1.165, 1.54) is 25.8 Å². The van der Waals surface area contributed by atoms with Gasteiger partial charge >= 0.3 is 0 Å². The third kappa shape index (κ3) is 6.94. The minimum absolute atomic E-state index is 0.490. The molecule has 1 heteroatoms. The third-order valence-corrected chi connectivity index (χ3v) is 3.50. The van der Waals surface area contributed by atoms with Crippen LogP contribution in [0.25, 0.3) is 0 Å². The Morgan fingerprint density at radius 2 is 1.73 bits per heavy atom.